The molecule has 0 amide bonds. The highest BCUT2D eigenvalue weighted by Gasteiger charge is 2.21. The number of hydrogen-bond acceptors (Lipinski definition) is 12. The van der Waals surface area contributed by atoms with Crippen LogP contribution < -0.4 is 18.9 Å². The van der Waals surface area contributed by atoms with Crippen molar-refractivity contribution in [3.8, 4) is 68.7 Å². The summed E-state index contributed by atoms with van der Waals surface area (Å²) in [6, 6.07) is 14.9. The Kier molecular flexibility index (Phi) is 15.1. The fraction of sp³-hybridized carbons (Fsp3) is 0.400. The second-order valence-electron chi connectivity index (χ2n) is 12.3. The van der Waals surface area contributed by atoms with Crippen LogP contribution in [-0.4, -0.2) is 75.4 Å². The number of benzene rings is 3. The summed E-state index contributed by atoms with van der Waals surface area (Å²) in [5.41, 5.74) is 1.24. The van der Waals surface area contributed by atoms with Crippen molar-refractivity contribution < 1.29 is 43.8 Å². The number of aliphatic hydroxyl groups is 1. The molecule has 12 heteroatoms. The van der Waals surface area contributed by atoms with E-state index in [0.29, 0.717) is 53.8 Å². The highest BCUT2D eigenvalue weighted by molar-refractivity contribution is 5.86. The molecule has 52 heavy (non-hydrogen) atoms. The maximum atomic E-state index is 11.9. The lowest BCUT2D eigenvalue weighted by molar-refractivity contribution is -0.142. The van der Waals surface area contributed by atoms with Gasteiger partial charge in [0.25, 0.3) is 0 Å². The highest BCUT2D eigenvalue weighted by Crippen LogP contribution is 2.38. The summed E-state index contributed by atoms with van der Waals surface area (Å²) < 4.78 is 28.7. The van der Waals surface area contributed by atoms with Gasteiger partial charge in [-0.2, -0.15) is 0 Å². The Balaban J connectivity index is 1.79. The second-order valence-corrected chi connectivity index (χ2v) is 12.3. The molecule has 1 atom stereocenters. The number of esters is 1. The third-order valence-corrected chi connectivity index (χ3v) is 7.74. The Bertz CT molecular complexity index is 1720. The van der Waals surface area contributed by atoms with Crippen LogP contribution in [0, 0.1) is 0 Å². The van der Waals surface area contributed by atoms with Crippen LogP contribution in [0.25, 0.3) is 34.2 Å². The Morgan fingerprint density at radius 3 is 1.50 bits per heavy atom. The Labute approximate surface area is 305 Å². The van der Waals surface area contributed by atoms with Gasteiger partial charge in [0.05, 0.1) is 36.5 Å². The van der Waals surface area contributed by atoms with Gasteiger partial charge in [0.1, 0.15) is 53.8 Å². The molecule has 4 rings (SSSR count). The number of carbonyl (C=O) groups excluding carboxylic acids is 1. The fourth-order valence-electron chi connectivity index (χ4n) is 4.75. The molecular weight excluding hydrogens is 666 g/mol. The van der Waals surface area contributed by atoms with Gasteiger partial charge in [-0.05, 0) is 62.6 Å². The smallest absolute Gasteiger partial charge is 0.333 e. The number of aromatic hydroxyl groups is 2. The van der Waals surface area contributed by atoms with Crippen molar-refractivity contribution in [2.45, 2.75) is 72.3 Å². The van der Waals surface area contributed by atoms with Gasteiger partial charge in [0, 0.05) is 23.8 Å². The standard InChI is InChI=1S/C40H49N3O9/c1-6-9-18-48-28-12-15-31(34(45)21-28)37-41-38(32-16-13-29(22-35(32)46)49-19-10-7-2)43-39(42-37)33-17-14-30(50-20-11-8-3)23-36(33)51-24-27(44)25-52-40(47)26(4)5/h12-17,21-23,27,44-46H,4,6-11,18-20,24-25H2,1-3,5H3. The van der Waals surface area contributed by atoms with Crippen molar-refractivity contribution >= 4 is 5.97 Å². The molecule has 12 nitrogen and oxygen atoms in total. The molecule has 0 aliphatic carbocycles. The first-order chi connectivity index (χ1) is 25.1. The lowest BCUT2D eigenvalue weighted by Crippen LogP contribution is -2.25. The largest absolute Gasteiger partial charge is 0.507 e. The van der Waals surface area contributed by atoms with E-state index in [2.05, 4.69) is 32.3 Å². The fourth-order valence-corrected chi connectivity index (χ4v) is 4.75. The summed E-state index contributed by atoms with van der Waals surface area (Å²) in [5, 5.41) is 32.8. The normalized spacial score (nSPS) is 11.5. The van der Waals surface area contributed by atoms with Gasteiger partial charge in [0.15, 0.2) is 17.5 Å². The van der Waals surface area contributed by atoms with Crippen molar-refractivity contribution in [2.75, 3.05) is 33.0 Å². The topological polar surface area (TPSA) is 163 Å². The predicted molar refractivity (Wildman–Crippen MR) is 198 cm³/mol. The number of nitrogens with zero attached hydrogens (tertiary/aromatic N) is 3. The van der Waals surface area contributed by atoms with E-state index in [4.69, 9.17) is 33.7 Å². The van der Waals surface area contributed by atoms with Crippen LogP contribution in [0.3, 0.4) is 0 Å². The zero-order chi connectivity index (χ0) is 37.5. The summed E-state index contributed by atoms with van der Waals surface area (Å²) in [7, 11) is 0. The molecule has 3 aromatic carbocycles. The number of ether oxygens (including phenoxy) is 5. The number of hydrogen-bond donors (Lipinski definition) is 3. The minimum absolute atomic E-state index is 0.107. The third kappa shape index (κ3) is 11.3. The number of phenolic OH excluding ortho intramolecular Hbond substituents is 2. The van der Waals surface area contributed by atoms with Crippen LogP contribution in [0.1, 0.15) is 66.2 Å². The van der Waals surface area contributed by atoms with E-state index in [1.54, 1.807) is 42.5 Å². The molecule has 1 unspecified atom stereocenters. The summed E-state index contributed by atoms with van der Waals surface area (Å²) >= 11 is 0. The summed E-state index contributed by atoms with van der Waals surface area (Å²) in [6.07, 6.45) is 4.33. The first kappa shape index (κ1) is 39.4. The molecular formula is C40H49N3O9. The molecule has 0 saturated heterocycles. The zero-order valence-electron chi connectivity index (χ0n) is 30.4. The number of rotatable bonds is 21. The van der Waals surface area contributed by atoms with Crippen molar-refractivity contribution in [1.29, 1.82) is 0 Å². The maximum absolute atomic E-state index is 11.9. The van der Waals surface area contributed by atoms with Crippen LogP contribution in [-0.2, 0) is 9.53 Å². The van der Waals surface area contributed by atoms with E-state index in [1.165, 1.54) is 19.1 Å². The van der Waals surface area contributed by atoms with Crippen LogP contribution >= 0.6 is 0 Å². The van der Waals surface area contributed by atoms with Gasteiger partial charge in [-0.15, -0.1) is 0 Å². The predicted octanol–water partition coefficient (Wildman–Crippen LogP) is 7.68. The second kappa shape index (κ2) is 19.9. The van der Waals surface area contributed by atoms with Gasteiger partial charge >= 0.3 is 5.97 Å². The molecule has 0 saturated carbocycles. The van der Waals surface area contributed by atoms with Crippen molar-refractivity contribution in [1.82, 2.24) is 15.0 Å². The lowest BCUT2D eigenvalue weighted by Gasteiger charge is -2.17. The van der Waals surface area contributed by atoms with E-state index in [0.717, 1.165) is 38.5 Å². The summed E-state index contributed by atoms with van der Waals surface area (Å²) in [4.78, 5) is 26.0. The number of aliphatic hydroxyl groups excluding tert-OH is 1. The number of aromatic nitrogens is 3. The number of carbonyl (C=O) groups is 1. The van der Waals surface area contributed by atoms with Crippen molar-refractivity contribution in [3.05, 3.63) is 66.7 Å². The minimum Gasteiger partial charge on any atom is -0.507 e. The maximum Gasteiger partial charge on any atom is 0.333 e. The van der Waals surface area contributed by atoms with Crippen LogP contribution in [0.5, 0.6) is 34.5 Å². The van der Waals surface area contributed by atoms with Crippen molar-refractivity contribution in [2.24, 2.45) is 0 Å². The van der Waals surface area contributed by atoms with Gasteiger partial charge in [0.2, 0.25) is 0 Å². The van der Waals surface area contributed by atoms with E-state index in [1.807, 2.05) is 0 Å². The van der Waals surface area contributed by atoms with Crippen LogP contribution in [0.4, 0.5) is 0 Å². The molecule has 0 radical (unpaired) electrons. The third-order valence-electron chi connectivity index (χ3n) is 7.74. The molecule has 0 aliphatic rings. The molecule has 0 spiro atoms. The molecule has 0 bridgehead atoms. The van der Waals surface area contributed by atoms with Gasteiger partial charge in [-0.1, -0.05) is 46.6 Å². The Morgan fingerprint density at radius 2 is 1.08 bits per heavy atom. The van der Waals surface area contributed by atoms with E-state index in [9.17, 15) is 20.1 Å². The van der Waals surface area contributed by atoms with E-state index >= 15 is 0 Å². The Morgan fingerprint density at radius 1 is 0.654 bits per heavy atom. The molecule has 278 valence electrons. The molecule has 1 heterocycles. The average molecular weight is 716 g/mol. The first-order valence-corrected chi connectivity index (χ1v) is 17.7. The number of unbranched alkanes of at least 4 members (excludes halogenated alkanes) is 3. The van der Waals surface area contributed by atoms with Gasteiger partial charge in [-0.3, -0.25) is 0 Å². The average Bonchev–Trinajstić information content (AvgIpc) is 3.13. The van der Waals surface area contributed by atoms with Crippen LogP contribution in [0.2, 0.25) is 0 Å². The molecule has 4 aromatic rings. The molecule has 0 fully saturated rings. The summed E-state index contributed by atoms with van der Waals surface area (Å²) in [5.74, 6) is 1.38. The highest BCUT2D eigenvalue weighted by atomic mass is 16.5. The number of phenols is 2. The summed E-state index contributed by atoms with van der Waals surface area (Å²) in [6.45, 7) is 12.2. The SMILES string of the molecule is C=C(C)C(=O)OCC(O)COc1cc(OCCCC)ccc1-c1nc(-c2ccc(OCCCC)cc2O)nc(-c2ccc(OCCCC)cc2O)n1. The first-order valence-electron chi connectivity index (χ1n) is 17.7. The minimum atomic E-state index is -1.16. The van der Waals surface area contributed by atoms with Gasteiger partial charge in [-0.25, -0.2) is 19.7 Å². The van der Waals surface area contributed by atoms with E-state index in [-0.39, 0.29) is 53.5 Å². The lowest BCUT2D eigenvalue weighted by atomic mass is 10.1. The monoisotopic (exact) mass is 715 g/mol. The van der Waals surface area contributed by atoms with E-state index < -0.39 is 12.1 Å². The molecule has 1 aromatic heterocycles. The molecule has 3 N–H and O–H groups in total. The quantitative estimate of drug-likeness (QED) is 0.0439. The van der Waals surface area contributed by atoms with Gasteiger partial charge < -0.3 is 39.0 Å². The zero-order valence-corrected chi connectivity index (χ0v) is 30.4. The Hall–Kier alpha value is -5.36. The van der Waals surface area contributed by atoms with Crippen LogP contribution in [0.15, 0.2) is 66.7 Å². The molecule has 0 aliphatic heterocycles. The van der Waals surface area contributed by atoms with Crippen molar-refractivity contribution in [3.63, 3.8) is 0 Å².